The molecule has 0 atom stereocenters. The number of aliphatic hydroxyl groups is 2. The van der Waals surface area contributed by atoms with Crippen molar-refractivity contribution in [1.29, 1.82) is 0 Å². The largest absolute Gasteiger partial charge is 0.411 e. The van der Waals surface area contributed by atoms with E-state index in [2.05, 4.69) is 0 Å². The van der Waals surface area contributed by atoms with Crippen LogP contribution in [0.2, 0.25) is 0 Å². The van der Waals surface area contributed by atoms with E-state index >= 15 is 0 Å². The molecule has 0 aliphatic heterocycles. The van der Waals surface area contributed by atoms with Gasteiger partial charge in [0, 0.05) is 35.0 Å². The van der Waals surface area contributed by atoms with Gasteiger partial charge in [0.25, 0.3) is 0 Å². The Bertz CT molecular complexity index is 987. The van der Waals surface area contributed by atoms with Crippen molar-refractivity contribution < 1.29 is 34.0 Å². The Kier molecular flexibility index (Phi) is 9.25. The molecule has 0 fully saturated rings. The standard InChI is InChI=1S/C26H36N2O7/c1-24(2,15-29)26(25(3,4)16-30,20-7-5-6-8-21(20)35-23(28)32)17-33-14-13-18-9-11-19(12-10-18)34-22(27)31/h5-12,29-30H,13-17H2,1-4H3,(H2,27,31)(H2,28,32). The number of hydrogen-bond donors (Lipinski definition) is 4. The van der Waals surface area contributed by atoms with Gasteiger partial charge in [0.2, 0.25) is 0 Å². The summed E-state index contributed by atoms with van der Waals surface area (Å²) in [5.41, 5.74) is 9.32. The highest BCUT2D eigenvalue weighted by Gasteiger charge is 2.57. The van der Waals surface area contributed by atoms with Crippen molar-refractivity contribution in [3.63, 3.8) is 0 Å². The van der Waals surface area contributed by atoms with Gasteiger partial charge in [0.05, 0.1) is 13.2 Å². The van der Waals surface area contributed by atoms with Gasteiger partial charge < -0.3 is 35.9 Å². The van der Waals surface area contributed by atoms with Crippen molar-refractivity contribution in [2.75, 3.05) is 26.4 Å². The first-order valence-corrected chi connectivity index (χ1v) is 11.3. The fraction of sp³-hybridized carbons (Fsp3) is 0.462. The molecule has 2 aromatic rings. The second-order valence-electron chi connectivity index (χ2n) is 9.77. The lowest BCUT2D eigenvalue weighted by atomic mass is 9.50. The molecule has 2 aromatic carbocycles. The minimum Gasteiger partial charge on any atom is -0.411 e. The average molecular weight is 489 g/mol. The zero-order chi connectivity index (χ0) is 26.3. The van der Waals surface area contributed by atoms with Gasteiger partial charge in [-0.1, -0.05) is 58.0 Å². The van der Waals surface area contributed by atoms with Crippen LogP contribution in [0.4, 0.5) is 9.59 Å². The Morgan fingerprint density at radius 1 is 0.829 bits per heavy atom. The second kappa shape index (κ2) is 11.5. The number of carbonyl (C=O) groups excluding carboxylic acids is 2. The molecule has 2 amide bonds. The van der Waals surface area contributed by atoms with E-state index in [1.807, 2.05) is 27.7 Å². The predicted molar refractivity (Wildman–Crippen MR) is 131 cm³/mol. The van der Waals surface area contributed by atoms with E-state index in [0.717, 1.165) is 5.56 Å². The van der Waals surface area contributed by atoms with Crippen LogP contribution in [0.1, 0.15) is 38.8 Å². The molecule has 0 aromatic heterocycles. The molecule has 0 aliphatic rings. The molecule has 0 spiro atoms. The SMILES string of the molecule is CC(C)(CO)C(COCCc1ccc(OC(N)=O)cc1)(c1ccccc1OC(N)=O)C(C)(C)CO. The van der Waals surface area contributed by atoms with Crippen LogP contribution < -0.4 is 20.9 Å². The lowest BCUT2D eigenvalue weighted by Gasteiger charge is -2.55. The summed E-state index contributed by atoms with van der Waals surface area (Å²) in [5.74, 6) is 0.596. The summed E-state index contributed by atoms with van der Waals surface area (Å²) in [6, 6.07) is 13.8. The number of nitrogens with two attached hydrogens (primary N) is 2. The van der Waals surface area contributed by atoms with Crippen molar-refractivity contribution in [2.45, 2.75) is 39.5 Å². The lowest BCUT2D eigenvalue weighted by molar-refractivity contribution is -0.0892. The monoisotopic (exact) mass is 488 g/mol. The van der Waals surface area contributed by atoms with Gasteiger partial charge in [-0.15, -0.1) is 0 Å². The third-order valence-electron chi connectivity index (χ3n) is 6.65. The van der Waals surface area contributed by atoms with Crippen LogP contribution in [0.3, 0.4) is 0 Å². The third kappa shape index (κ3) is 6.30. The van der Waals surface area contributed by atoms with Gasteiger partial charge in [0.1, 0.15) is 11.5 Å². The molecule has 6 N–H and O–H groups in total. The van der Waals surface area contributed by atoms with Gasteiger partial charge >= 0.3 is 12.2 Å². The summed E-state index contributed by atoms with van der Waals surface area (Å²) in [4.78, 5) is 22.5. The molecular weight excluding hydrogens is 452 g/mol. The van der Waals surface area contributed by atoms with Crippen LogP contribution >= 0.6 is 0 Å². The number of hydrogen-bond acceptors (Lipinski definition) is 7. The van der Waals surface area contributed by atoms with Crippen LogP contribution in [0.5, 0.6) is 11.5 Å². The van der Waals surface area contributed by atoms with Crippen LogP contribution in [0.25, 0.3) is 0 Å². The molecule has 2 rings (SSSR count). The van der Waals surface area contributed by atoms with Crippen molar-refractivity contribution in [3.8, 4) is 11.5 Å². The highest BCUT2D eigenvalue weighted by atomic mass is 16.6. The minimum atomic E-state index is -0.977. The summed E-state index contributed by atoms with van der Waals surface area (Å²) in [7, 11) is 0. The molecule has 35 heavy (non-hydrogen) atoms. The summed E-state index contributed by atoms with van der Waals surface area (Å²) in [5, 5.41) is 20.9. The van der Waals surface area contributed by atoms with Gasteiger partial charge in [-0.3, -0.25) is 0 Å². The van der Waals surface area contributed by atoms with Crippen molar-refractivity contribution >= 4 is 12.2 Å². The number of carbonyl (C=O) groups is 2. The number of rotatable bonds is 12. The summed E-state index contributed by atoms with van der Waals surface area (Å²) in [6.45, 7) is 7.55. The molecule has 0 bridgehead atoms. The first kappa shape index (κ1) is 28.1. The Labute approximate surface area is 206 Å². The zero-order valence-electron chi connectivity index (χ0n) is 20.7. The summed E-state index contributed by atoms with van der Waals surface area (Å²) < 4.78 is 16.4. The number of primary amides is 2. The third-order valence-corrected chi connectivity index (χ3v) is 6.65. The van der Waals surface area contributed by atoms with E-state index in [1.54, 1.807) is 48.5 Å². The fourth-order valence-corrected chi connectivity index (χ4v) is 4.66. The van der Waals surface area contributed by atoms with Gasteiger partial charge in [-0.2, -0.15) is 0 Å². The van der Waals surface area contributed by atoms with Gasteiger partial charge in [-0.05, 0) is 30.2 Å². The summed E-state index contributed by atoms with van der Waals surface area (Å²) in [6.07, 6.45) is -1.28. The smallest absolute Gasteiger partial charge is 0.409 e. The molecule has 9 heteroatoms. The van der Waals surface area contributed by atoms with Crippen LogP contribution in [0.15, 0.2) is 48.5 Å². The highest BCUT2D eigenvalue weighted by molar-refractivity contribution is 5.69. The zero-order valence-corrected chi connectivity index (χ0v) is 20.7. The molecule has 0 aliphatic carbocycles. The van der Waals surface area contributed by atoms with E-state index in [4.69, 9.17) is 25.7 Å². The van der Waals surface area contributed by atoms with Crippen LogP contribution in [-0.4, -0.2) is 48.8 Å². The van der Waals surface area contributed by atoms with Crippen LogP contribution in [-0.2, 0) is 16.6 Å². The van der Waals surface area contributed by atoms with E-state index < -0.39 is 28.4 Å². The molecule has 0 saturated heterocycles. The second-order valence-corrected chi connectivity index (χ2v) is 9.77. The quantitative estimate of drug-likeness (QED) is 0.335. The number of aliphatic hydroxyl groups excluding tert-OH is 2. The van der Waals surface area contributed by atoms with E-state index in [-0.39, 0.29) is 25.6 Å². The van der Waals surface area contributed by atoms with Gasteiger partial charge in [-0.25, -0.2) is 9.59 Å². The maximum absolute atomic E-state index is 11.6. The number of benzene rings is 2. The lowest BCUT2D eigenvalue weighted by Crippen LogP contribution is -2.58. The van der Waals surface area contributed by atoms with Crippen molar-refractivity contribution in [2.24, 2.45) is 22.3 Å². The maximum atomic E-state index is 11.6. The number of ether oxygens (including phenoxy) is 3. The van der Waals surface area contributed by atoms with Crippen molar-refractivity contribution in [1.82, 2.24) is 0 Å². The topological polar surface area (TPSA) is 154 Å². The molecule has 9 nitrogen and oxygen atoms in total. The predicted octanol–water partition coefficient (Wildman–Crippen LogP) is 3.14. The number of amides is 2. The van der Waals surface area contributed by atoms with E-state index in [0.29, 0.717) is 24.3 Å². The normalized spacial score (nSPS) is 12.3. The van der Waals surface area contributed by atoms with E-state index in [1.165, 1.54) is 0 Å². The highest BCUT2D eigenvalue weighted by Crippen LogP contribution is 2.55. The molecule has 0 heterocycles. The minimum absolute atomic E-state index is 0.121. The first-order chi connectivity index (χ1) is 16.4. The van der Waals surface area contributed by atoms with Crippen LogP contribution in [0, 0.1) is 10.8 Å². The van der Waals surface area contributed by atoms with Gasteiger partial charge in [0.15, 0.2) is 0 Å². The Morgan fingerprint density at radius 2 is 1.37 bits per heavy atom. The number of para-hydroxylation sites is 1. The maximum Gasteiger partial charge on any atom is 0.409 e. The Hall–Kier alpha value is -3.14. The summed E-state index contributed by atoms with van der Waals surface area (Å²) >= 11 is 0. The Balaban J connectivity index is 2.38. The first-order valence-electron chi connectivity index (χ1n) is 11.3. The average Bonchev–Trinajstić information content (AvgIpc) is 2.80. The fourth-order valence-electron chi connectivity index (χ4n) is 4.66. The molecule has 192 valence electrons. The molecular formula is C26H36N2O7. The molecule has 0 unspecified atom stereocenters. The molecule has 0 radical (unpaired) electrons. The Morgan fingerprint density at radius 3 is 1.89 bits per heavy atom. The molecule has 0 saturated carbocycles. The van der Waals surface area contributed by atoms with E-state index in [9.17, 15) is 19.8 Å². The van der Waals surface area contributed by atoms with Crippen molar-refractivity contribution in [3.05, 3.63) is 59.7 Å².